The lowest BCUT2D eigenvalue weighted by Gasteiger charge is -2.26. The van der Waals surface area contributed by atoms with Crippen molar-refractivity contribution in [3.63, 3.8) is 0 Å². The number of benzene rings is 3. The van der Waals surface area contributed by atoms with E-state index in [1.54, 1.807) is 11.8 Å². The number of aryl methyl sites for hydroxylation is 1. The van der Waals surface area contributed by atoms with Gasteiger partial charge in [-0.15, -0.1) is 0 Å². The smallest absolute Gasteiger partial charge is 0.326 e. The molecule has 4 aromatic rings. The minimum absolute atomic E-state index is 0.248. The standard InChI is InChI=1S/C34H38N2O4S/c1-23(2)36(22-27-15-17-32(40-27)26-11-6-5-7-12-26)21-25-14-16-29(30(20-25)28-13-9-8-10-24(28)3)33(37)35-31(34(38)39)18-19-41-4/h5-17,20,23,31H,18-19,21-22H2,1-4H3,(H,35,37)(H,38,39)/t31-/m0/s1. The lowest BCUT2D eigenvalue weighted by atomic mass is 9.93. The number of nitrogens with one attached hydrogen (secondary N) is 1. The maximum absolute atomic E-state index is 13.4. The van der Waals surface area contributed by atoms with Crippen molar-refractivity contribution in [2.24, 2.45) is 0 Å². The third-order valence-corrected chi connectivity index (χ3v) is 7.82. The Bertz CT molecular complexity index is 1460. The Morgan fingerprint density at radius 2 is 1.66 bits per heavy atom. The molecule has 0 saturated heterocycles. The second-order valence-corrected chi connectivity index (χ2v) is 11.5. The Kier molecular flexibility index (Phi) is 10.4. The van der Waals surface area contributed by atoms with Crippen LogP contribution in [-0.2, 0) is 17.9 Å². The van der Waals surface area contributed by atoms with Crippen molar-refractivity contribution in [3.8, 4) is 22.5 Å². The van der Waals surface area contributed by atoms with Gasteiger partial charge in [-0.05, 0) is 85.7 Å². The van der Waals surface area contributed by atoms with Crippen LogP contribution < -0.4 is 5.32 Å². The highest BCUT2D eigenvalue weighted by atomic mass is 32.2. The molecule has 214 valence electrons. The molecule has 0 spiro atoms. The number of carbonyl (C=O) groups is 2. The van der Waals surface area contributed by atoms with E-state index in [0.717, 1.165) is 39.3 Å². The first kappa shape index (κ1) is 30.2. The van der Waals surface area contributed by atoms with Gasteiger partial charge in [0.05, 0.1) is 6.54 Å². The molecule has 3 aromatic carbocycles. The SMILES string of the molecule is CSCC[C@H](NC(=O)c1ccc(CN(Cc2ccc(-c3ccccc3)o2)C(C)C)cc1-c1ccccc1C)C(=O)O. The highest BCUT2D eigenvalue weighted by Crippen LogP contribution is 2.30. The van der Waals surface area contributed by atoms with Crippen molar-refractivity contribution >= 4 is 23.6 Å². The van der Waals surface area contributed by atoms with Gasteiger partial charge in [-0.1, -0.05) is 60.7 Å². The molecule has 2 N–H and O–H groups in total. The largest absolute Gasteiger partial charge is 0.480 e. The van der Waals surface area contributed by atoms with E-state index in [1.807, 2.05) is 92.0 Å². The fraction of sp³-hybridized carbons (Fsp3) is 0.294. The second-order valence-electron chi connectivity index (χ2n) is 10.5. The van der Waals surface area contributed by atoms with Crippen LogP contribution in [0.2, 0.25) is 0 Å². The van der Waals surface area contributed by atoms with Crippen LogP contribution in [0.15, 0.2) is 89.3 Å². The maximum Gasteiger partial charge on any atom is 0.326 e. The first-order valence-corrected chi connectivity index (χ1v) is 15.3. The Labute approximate surface area is 246 Å². The summed E-state index contributed by atoms with van der Waals surface area (Å²) in [6.07, 6.45) is 2.28. The van der Waals surface area contributed by atoms with Crippen LogP contribution in [0, 0.1) is 6.92 Å². The van der Waals surface area contributed by atoms with Crippen molar-refractivity contribution in [3.05, 3.63) is 107 Å². The summed E-state index contributed by atoms with van der Waals surface area (Å²) in [6.45, 7) is 7.63. The number of aliphatic carboxylic acids is 1. The topological polar surface area (TPSA) is 82.8 Å². The first-order chi connectivity index (χ1) is 19.8. The predicted octanol–water partition coefficient (Wildman–Crippen LogP) is 7.27. The minimum atomic E-state index is -1.03. The molecule has 1 atom stereocenters. The van der Waals surface area contributed by atoms with E-state index in [0.29, 0.717) is 30.8 Å². The monoisotopic (exact) mass is 570 g/mol. The zero-order valence-corrected chi connectivity index (χ0v) is 24.9. The molecule has 0 bridgehead atoms. The average molecular weight is 571 g/mol. The molecule has 7 heteroatoms. The van der Waals surface area contributed by atoms with E-state index < -0.39 is 12.0 Å². The van der Waals surface area contributed by atoms with Crippen LogP contribution >= 0.6 is 11.8 Å². The number of furan rings is 1. The molecule has 1 aromatic heterocycles. The average Bonchev–Trinajstić information content (AvgIpc) is 3.44. The summed E-state index contributed by atoms with van der Waals surface area (Å²) < 4.78 is 6.19. The molecule has 6 nitrogen and oxygen atoms in total. The highest BCUT2D eigenvalue weighted by Gasteiger charge is 2.23. The molecule has 1 heterocycles. The van der Waals surface area contributed by atoms with Crippen LogP contribution in [0.25, 0.3) is 22.5 Å². The Balaban J connectivity index is 1.61. The zero-order valence-electron chi connectivity index (χ0n) is 24.1. The van der Waals surface area contributed by atoms with Crippen molar-refractivity contribution in [2.75, 3.05) is 12.0 Å². The highest BCUT2D eigenvalue weighted by molar-refractivity contribution is 7.98. The summed E-state index contributed by atoms with van der Waals surface area (Å²) >= 11 is 1.56. The van der Waals surface area contributed by atoms with Gasteiger partial charge in [0.1, 0.15) is 17.6 Å². The molecule has 0 saturated carbocycles. The van der Waals surface area contributed by atoms with Gasteiger partial charge in [-0.3, -0.25) is 9.69 Å². The molecule has 1 amide bonds. The van der Waals surface area contributed by atoms with E-state index in [1.165, 1.54) is 0 Å². The molecule has 0 radical (unpaired) electrons. The minimum Gasteiger partial charge on any atom is -0.480 e. The van der Waals surface area contributed by atoms with Gasteiger partial charge in [0.2, 0.25) is 0 Å². The third kappa shape index (κ3) is 7.90. The number of nitrogens with zero attached hydrogens (tertiary/aromatic N) is 1. The van der Waals surface area contributed by atoms with Crippen molar-refractivity contribution in [1.82, 2.24) is 10.2 Å². The summed E-state index contributed by atoms with van der Waals surface area (Å²) in [5.74, 6) is 0.973. The third-order valence-electron chi connectivity index (χ3n) is 7.17. The Morgan fingerprint density at radius 1 is 0.927 bits per heavy atom. The molecule has 4 rings (SSSR count). The fourth-order valence-corrected chi connectivity index (χ4v) is 5.26. The summed E-state index contributed by atoms with van der Waals surface area (Å²) in [5.41, 5.74) is 5.35. The molecule has 0 aliphatic carbocycles. The van der Waals surface area contributed by atoms with Crippen molar-refractivity contribution in [1.29, 1.82) is 0 Å². The van der Waals surface area contributed by atoms with Crippen LogP contribution in [0.1, 0.15) is 47.5 Å². The number of thioether (sulfide) groups is 1. The quantitative estimate of drug-likeness (QED) is 0.176. The van der Waals surface area contributed by atoms with E-state index in [9.17, 15) is 14.7 Å². The number of carboxylic acids is 1. The molecule has 41 heavy (non-hydrogen) atoms. The van der Waals surface area contributed by atoms with Gasteiger partial charge >= 0.3 is 5.97 Å². The van der Waals surface area contributed by atoms with Gasteiger partial charge in [0, 0.05) is 23.7 Å². The van der Waals surface area contributed by atoms with Crippen LogP contribution in [0.4, 0.5) is 0 Å². The predicted molar refractivity (Wildman–Crippen MR) is 167 cm³/mol. The normalized spacial score (nSPS) is 12.0. The number of rotatable bonds is 13. The summed E-state index contributed by atoms with van der Waals surface area (Å²) in [5, 5.41) is 12.4. The molecule has 0 unspecified atom stereocenters. The van der Waals surface area contributed by atoms with Gasteiger partial charge in [-0.2, -0.15) is 11.8 Å². The number of carboxylic acid groups (broad SMARTS) is 1. The molecule has 0 fully saturated rings. The fourth-order valence-electron chi connectivity index (χ4n) is 4.79. The maximum atomic E-state index is 13.4. The van der Waals surface area contributed by atoms with E-state index in [2.05, 4.69) is 30.1 Å². The number of hydrogen-bond donors (Lipinski definition) is 2. The summed E-state index contributed by atoms with van der Waals surface area (Å²) in [6, 6.07) is 27.2. The summed E-state index contributed by atoms with van der Waals surface area (Å²) in [4.78, 5) is 27.6. The Morgan fingerprint density at radius 3 is 2.34 bits per heavy atom. The van der Waals surface area contributed by atoms with Crippen LogP contribution in [0.5, 0.6) is 0 Å². The van der Waals surface area contributed by atoms with E-state index >= 15 is 0 Å². The van der Waals surface area contributed by atoms with E-state index in [4.69, 9.17) is 4.42 Å². The van der Waals surface area contributed by atoms with Crippen LogP contribution in [0.3, 0.4) is 0 Å². The second kappa shape index (κ2) is 14.2. The Hall–Kier alpha value is -3.81. The van der Waals surface area contributed by atoms with Crippen molar-refractivity contribution < 1.29 is 19.1 Å². The lowest BCUT2D eigenvalue weighted by Crippen LogP contribution is -2.41. The summed E-state index contributed by atoms with van der Waals surface area (Å²) in [7, 11) is 0. The van der Waals surface area contributed by atoms with E-state index in [-0.39, 0.29) is 11.9 Å². The van der Waals surface area contributed by atoms with Crippen LogP contribution in [-0.4, -0.2) is 46.0 Å². The molecule has 0 aliphatic heterocycles. The van der Waals surface area contributed by atoms with Gasteiger partial charge in [-0.25, -0.2) is 4.79 Å². The van der Waals surface area contributed by atoms with Gasteiger partial charge < -0.3 is 14.8 Å². The number of carbonyl (C=O) groups excluding carboxylic acids is 1. The molecular formula is C34H38N2O4S. The zero-order chi connectivity index (χ0) is 29.4. The molecule has 0 aliphatic rings. The van der Waals surface area contributed by atoms with Gasteiger partial charge in [0.15, 0.2) is 0 Å². The number of amides is 1. The van der Waals surface area contributed by atoms with Gasteiger partial charge in [0.25, 0.3) is 5.91 Å². The first-order valence-electron chi connectivity index (χ1n) is 13.9. The molecular weight excluding hydrogens is 532 g/mol. The van der Waals surface area contributed by atoms with Crippen molar-refractivity contribution in [2.45, 2.75) is 52.4 Å². The lowest BCUT2D eigenvalue weighted by molar-refractivity contribution is -0.139. The number of hydrogen-bond acceptors (Lipinski definition) is 5.